The number of hydrogen-bond donors (Lipinski definition) is 1. The second-order valence-corrected chi connectivity index (χ2v) is 2.54. The minimum Gasteiger partial charge on any atom is -0.467 e. The van der Waals surface area contributed by atoms with E-state index in [0.717, 1.165) is 5.76 Å². The van der Waals surface area contributed by atoms with E-state index in [0.29, 0.717) is 18.9 Å². The summed E-state index contributed by atoms with van der Waals surface area (Å²) in [6.07, 6.45) is 1.61. The van der Waals surface area contributed by atoms with Crippen molar-refractivity contribution in [2.24, 2.45) is 5.73 Å². The van der Waals surface area contributed by atoms with Crippen LogP contribution in [0.15, 0.2) is 22.8 Å². The SMILES string of the molecule is NCc1nnnn1Cc1ccco1. The van der Waals surface area contributed by atoms with Crippen molar-refractivity contribution in [1.29, 1.82) is 0 Å². The highest BCUT2D eigenvalue weighted by atomic mass is 16.3. The van der Waals surface area contributed by atoms with Gasteiger partial charge in [-0.1, -0.05) is 0 Å². The van der Waals surface area contributed by atoms with E-state index in [-0.39, 0.29) is 0 Å². The molecule has 2 aromatic rings. The molecule has 0 atom stereocenters. The summed E-state index contributed by atoms with van der Waals surface area (Å²) >= 11 is 0. The lowest BCUT2D eigenvalue weighted by molar-refractivity contribution is 0.469. The van der Waals surface area contributed by atoms with Crippen LogP contribution in [0.1, 0.15) is 11.6 Å². The summed E-state index contributed by atoms with van der Waals surface area (Å²) in [5, 5.41) is 11.0. The number of furan rings is 1. The number of tetrazole rings is 1. The first-order valence-corrected chi connectivity index (χ1v) is 3.87. The van der Waals surface area contributed by atoms with Crippen LogP contribution in [0.2, 0.25) is 0 Å². The van der Waals surface area contributed by atoms with Crippen molar-refractivity contribution in [3.8, 4) is 0 Å². The molecule has 0 saturated carbocycles. The molecule has 2 N–H and O–H groups in total. The minimum atomic E-state index is 0.327. The minimum absolute atomic E-state index is 0.327. The van der Waals surface area contributed by atoms with Crippen LogP contribution in [-0.2, 0) is 13.1 Å². The third kappa shape index (κ3) is 1.57. The van der Waals surface area contributed by atoms with E-state index in [4.69, 9.17) is 10.2 Å². The van der Waals surface area contributed by atoms with Crippen LogP contribution < -0.4 is 5.73 Å². The maximum atomic E-state index is 5.43. The number of nitrogens with two attached hydrogens (primary N) is 1. The predicted octanol–water partition coefficient (Wildman–Crippen LogP) is -0.227. The topological polar surface area (TPSA) is 82.8 Å². The van der Waals surface area contributed by atoms with Crippen molar-refractivity contribution < 1.29 is 4.42 Å². The van der Waals surface area contributed by atoms with Gasteiger partial charge in [0, 0.05) is 0 Å². The molecule has 6 nitrogen and oxygen atoms in total. The Balaban J connectivity index is 2.18. The van der Waals surface area contributed by atoms with Gasteiger partial charge < -0.3 is 10.2 Å². The molecular weight excluding hydrogens is 170 g/mol. The Hall–Kier alpha value is -1.69. The quantitative estimate of drug-likeness (QED) is 0.703. The first-order chi connectivity index (χ1) is 6.40. The normalized spacial score (nSPS) is 10.5. The molecule has 0 bridgehead atoms. The third-order valence-corrected chi connectivity index (χ3v) is 1.67. The summed E-state index contributed by atoms with van der Waals surface area (Å²) in [4.78, 5) is 0. The van der Waals surface area contributed by atoms with E-state index in [2.05, 4.69) is 15.5 Å². The molecule has 2 aromatic heterocycles. The highest BCUT2D eigenvalue weighted by Gasteiger charge is 2.05. The van der Waals surface area contributed by atoms with E-state index in [1.54, 1.807) is 10.9 Å². The van der Waals surface area contributed by atoms with E-state index < -0.39 is 0 Å². The molecule has 0 aromatic carbocycles. The van der Waals surface area contributed by atoms with Crippen molar-refractivity contribution in [2.75, 3.05) is 0 Å². The van der Waals surface area contributed by atoms with Crippen LogP contribution >= 0.6 is 0 Å². The largest absolute Gasteiger partial charge is 0.467 e. The second kappa shape index (κ2) is 3.36. The number of nitrogens with zero attached hydrogens (tertiary/aromatic N) is 4. The zero-order valence-electron chi connectivity index (χ0n) is 6.92. The molecular formula is C7H9N5O. The van der Waals surface area contributed by atoms with Gasteiger partial charge in [0.25, 0.3) is 0 Å². The Morgan fingerprint density at radius 2 is 2.46 bits per heavy atom. The van der Waals surface area contributed by atoms with Crippen LogP contribution in [0, 0.1) is 0 Å². The molecule has 2 heterocycles. The summed E-state index contributed by atoms with van der Waals surface area (Å²) in [5.41, 5.74) is 5.43. The summed E-state index contributed by atoms with van der Waals surface area (Å²) in [7, 11) is 0. The molecule has 0 aliphatic carbocycles. The van der Waals surface area contributed by atoms with Crippen molar-refractivity contribution in [1.82, 2.24) is 20.2 Å². The zero-order chi connectivity index (χ0) is 9.10. The van der Waals surface area contributed by atoms with Gasteiger partial charge in [-0.15, -0.1) is 5.10 Å². The Bertz CT molecular complexity index is 366. The summed E-state index contributed by atoms with van der Waals surface area (Å²) < 4.78 is 6.76. The molecule has 0 aliphatic rings. The monoisotopic (exact) mass is 179 g/mol. The summed E-state index contributed by atoms with van der Waals surface area (Å²) in [5.74, 6) is 1.46. The molecule has 0 radical (unpaired) electrons. The van der Waals surface area contributed by atoms with Gasteiger partial charge in [-0.05, 0) is 22.6 Å². The lowest BCUT2D eigenvalue weighted by atomic mass is 10.4. The van der Waals surface area contributed by atoms with Crippen molar-refractivity contribution >= 4 is 0 Å². The van der Waals surface area contributed by atoms with Crippen LogP contribution in [0.5, 0.6) is 0 Å². The fourth-order valence-electron chi connectivity index (χ4n) is 1.04. The summed E-state index contributed by atoms with van der Waals surface area (Å²) in [6.45, 7) is 0.847. The van der Waals surface area contributed by atoms with Gasteiger partial charge in [0.05, 0.1) is 12.8 Å². The molecule has 0 fully saturated rings. The van der Waals surface area contributed by atoms with E-state index in [9.17, 15) is 0 Å². The van der Waals surface area contributed by atoms with Gasteiger partial charge in [0.2, 0.25) is 0 Å². The molecule has 2 rings (SSSR count). The fraction of sp³-hybridized carbons (Fsp3) is 0.286. The Labute approximate surface area is 74.3 Å². The first kappa shape index (κ1) is 7.93. The number of rotatable bonds is 3. The van der Waals surface area contributed by atoms with Gasteiger partial charge in [-0.2, -0.15) is 0 Å². The van der Waals surface area contributed by atoms with Crippen LogP contribution in [-0.4, -0.2) is 20.2 Å². The summed E-state index contributed by atoms with van der Waals surface area (Å²) in [6, 6.07) is 3.68. The lowest BCUT2D eigenvalue weighted by Crippen LogP contribution is -2.10. The van der Waals surface area contributed by atoms with Crippen LogP contribution in [0.4, 0.5) is 0 Å². The molecule has 6 heteroatoms. The molecule has 0 saturated heterocycles. The van der Waals surface area contributed by atoms with Gasteiger partial charge in [-0.25, -0.2) is 4.68 Å². The van der Waals surface area contributed by atoms with Gasteiger partial charge >= 0.3 is 0 Å². The highest BCUT2D eigenvalue weighted by molar-refractivity contribution is 4.99. The van der Waals surface area contributed by atoms with E-state index >= 15 is 0 Å². The van der Waals surface area contributed by atoms with Crippen molar-refractivity contribution in [3.63, 3.8) is 0 Å². The van der Waals surface area contributed by atoms with E-state index in [1.807, 2.05) is 12.1 Å². The maximum Gasteiger partial charge on any atom is 0.165 e. The maximum absolute atomic E-state index is 5.43. The smallest absolute Gasteiger partial charge is 0.165 e. The first-order valence-electron chi connectivity index (χ1n) is 3.87. The fourth-order valence-corrected chi connectivity index (χ4v) is 1.04. The van der Waals surface area contributed by atoms with Gasteiger partial charge in [-0.3, -0.25) is 0 Å². The van der Waals surface area contributed by atoms with Gasteiger partial charge in [0.1, 0.15) is 12.3 Å². The molecule has 0 unspecified atom stereocenters. The standard InChI is InChI=1S/C7H9N5O/c8-4-7-9-10-11-12(7)5-6-2-1-3-13-6/h1-3H,4-5,8H2. The molecule has 13 heavy (non-hydrogen) atoms. The van der Waals surface area contributed by atoms with Crippen LogP contribution in [0.3, 0.4) is 0 Å². The second-order valence-electron chi connectivity index (χ2n) is 2.54. The van der Waals surface area contributed by atoms with E-state index in [1.165, 1.54) is 0 Å². The van der Waals surface area contributed by atoms with Gasteiger partial charge in [0.15, 0.2) is 5.82 Å². The lowest BCUT2D eigenvalue weighted by Gasteiger charge is -1.98. The highest BCUT2D eigenvalue weighted by Crippen LogP contribution is 2.02. The Morgan fingerprint density at radius 1 is 1.54 bits per heavy atom. The molecule has 68 valence electrons. The van der Waals surface area contributed by atoms with Crippen LogP contribution in [0.25, 0.3) is 0 Å². The van der Waals surface area contributed by atoms with Crippen molar-refractivity contribution in [2.45, 2.75) is 13.1 Å². The predicted molar refractivity (Wildman–Crippen MR) is 43.5 cm³/mol. The number of aromatic nitrogens is 4. The molecule has 0 amide bonds. The van der Waals surface area contributed by atoms with Crippen molar-refractivity contribution in [3.05, 3.63) is 30.0 Å². The zero-order valence-corrected chi connectivity index (χ0v) is 6.92. The average molecular weight is 179 g/mol. The Morgan fingerprint density at radius 3 is 3.15 bits per heavy atom. The Kier molecular flexibility index (Phi) is 2.05. The number of hydrogen-bond acceptors (Lipinski definition) is 5. The third-order valence-electron chi connectivity index (χ3n) is 1.67. The molecule has 0 aliphatic heterocycles. The average Bonchev–Trinajstić information content (AvgIpc) is 2.76. The molecule has 0 spiro atoms.